The molecule has 2 aromatic carbocycles. The number of para-hydroxylation sites is 2. The Bertz CT molecular complexity index is 1070. The number of carboxylic acids is 1. The summed E-state index contributed by atoms with van der Waals surface area (Å²) < 4.78 is 2.14. The molecule has 1 saturated heterocycles. The Morgan fingerprint density at radius 1 is 1.10 bits per heavy atom. The van der Waals surface area contributed by atoms with Crippen LogP contribution in [0, 0.1) is 19.8 Å². The second kappa shape index (κ2) is 8.30. The van der Waals surface area contributed by atoms with Crippen molar-refractivity contribution in [3.8, 4) is 0 Å². The quantitative estimate of drug-likeness (QED) is 0.670. The molecule has 0 aliphatic carbocycles. The molecule has 30 heavy (non-hydrogen) atoms. The number of carbonyl (C=O) groups is 2. The summed E-state index contributed by atoms with van der Waals surface area (Å²) in [7, 11) is 0. The molecule has 4 rings (SSSR count). The summed E-state index contributed by atoms with van der Waals surface area (Å²) >= 11 is 0. The normalized spacial score (nSPS) is 18.8. The summed E-state index contributed by atoms with van der Waals surface area (Å²) in [5, 5.41) is 9.68. The van der Waals surface area contributed by atoms with Crippen LogP contribution in [-0.2, 0) is 16.1 Å². The highest BCUT2D eigenvalue weighted by molar-refractivity contribution is 5.80. The molecule has 1 N–H and O–H groups in total. The van der Waals surface area contributed by atoms with Gasteiger partial charge in [-0.3, -0.25) is 9.59 Å². The summed E-state index contributed by atoms with van der Waals surface area (Å²) in [4.78, 5) is 31.2. The van der Waals surface area contributed by atoms with Crippen molar-refractivity contribution in [2.75, 3.05) is 6.54 Å². The lowest BCUT2D eigenvalue weighted by molar-refractivity contribution is -0.143. The van der Waals surface area contributed by atoms with Crippen molar-refractivity contribution in [2.45, 2.75) is 45.7 Å². The van der Waals surface area contributed by atoms with E-state index in [1.54, 1.807) is 4.90 Å². The fraction of sp³-hybridized carbons (Fsp3) is 0.375. The Balaban J connectivity index is 1.47. The smallest absolute Gasteiger partial charge is 0.309 e. The van der Waals surface area contributed by atoms with Crippen LogP contribution in [-0.4, -0.2) is 38.0 Å². The van der Waals surface area contributed by atoms with E-state index in [4.69, 9.17) is 0 Å². The zero-order valence-corrected chi connectivity index (χ0v) is 17.4. The van der Waals surface area contributed by atoms with Crippen molar-refractivity contribution < 1.29 is 14.7 Å². The number of likely N-dealkylation sites (tertiary alicyclic amines) is 1. The molecule has 6 heteroatoms. The molecule has 156 valence electrons. The van der Waals surface area contributed by atoms with Crippen molar-refractivity contribution in [3.05, 3.63) is 65.5 Å². The second-order valence-electron chi connectivity index (χ2n) is 8.08. The minimum atomic E-state index is -0.837. The third kappa shape index (κ3) is 3.82. The summed E-state index contributed by atoms with van der Waals surface area (Å²) in [6.45, 7) is 5.18. The fourth-order valence-corrected chi connectivity index (χ4v) is 4.52. The third-order valence-electron chi connectivity index (χ3n) is 6.07. The number of benzene rings is 2. The Morgan fingerprint density at radius 3 is 2.57 bits per heavy atom. The van der Waals surface area contributed by atoms with E-state index in [0.29, 0.717) is 32.4 Å². The predicted octanol–water partition coefficient (Wildman–Crippen LogP) is 4.11. The molecule has 2 atom stereocenters. The zero-order chi connectivity index (χ0) is 21.3. The van der Waals surface area contributed by atoms with Crippen molar-refractivity contribution in [2.24, 2.45) is 5.92 Å². The van der Waals surface area contributed by atoms with Gasteiger partial charge in [-0.15, -0.1) is 0 Å². The van der Waals surface area contributed by atoms with Gasteiger partial charge >= 0.3 is 5.97 Å². The number of carbonyl (C=O) groups excluding carboxylic acids is 1. The third-order valence-corrected chi connectivity index (χ3v) is 6.07. The molecule has 0 bridgehead atoms. The summed E-state index contributed by atoms with van der Waals surface area (Å²) in [6.07, 6.45) is 1.57. The molecule has 6 nitrogen and oxygen atoms in total. The Kier molecular flexibility index (Phi) is 5.57. The first kappa shape index (κ1) is 20.1. The van der Waals surface area contributed by atoms with Crippen molar-refractivity contribution >= 4 is 22.9 Å². The number of hydrogen-bond donors (Lipinski definition) is 1. The van der Waals surface area contributed by atoms with E-state index < -0.39 is 17.9 Å². The molecular formula is C24H27N3O3. The van der Waals surface area contributed by atoms with Gasteiger partial charge in [0.05, 0.1) is 23.0 Å². The molecule has 0 unspecified atom stereocenters. The lowest BCUT2D eigenvalue weighted by Crippen LogP contribution is -2.33. The maximum Gasteiger partial charge on any atom is 0.309 e. The van der Waals surface area contributed by atoms with Gasteiger partial charge in [0.25, 0.3) is 0 Å². The van der Waals surface area contributed by atoms with Gasteiger partial charge < -0.3 is 14.6 Å². The number of hydrogen-bond acceptors (Lipinski definition) is 3. The molecule has 0 saturated carbocycles. The number of carboxylic acid groups (broad SMARTS) is 1. The molecule has 0 spiro atoms. The SMILES string of the molecule is Cc1ccc([C@@H]2[C@H](C(=O)O)CCN2C(=O)CCCn2c(C)nc3ccccc32)cc1. The van der Waals surface area contributed by atoms with Crippen LogP contribution in [0.1, 0.15) is 42.3 Å². The number of nitrogens with zero attached hydrogens (tertiary/aromatic N) is 3. The number of aliphatic carboxylic acids is 1. The topological polar surface area (TPSA) is 75.4 Å². The van der Waals surface area contributed by atoms with E-state index in [1.807, 2.05) is 62.4 Å². The van der Waals surface area contributed by atoms with Gasteiger partial charge in [0.1, 0.15) is 5.82 Å². The van der Waals surface area contributed by atoms with E-state index in [2.05, 4.69) is 9.55 Å². The molecule has 2 heterocycles. The maximum absolute atomic E-state index is 13.0. The van der Waals surface area contributed by atoms with Crippen LogP contribution in [0.2, 0.25) is 0 Å². The molecule has 1 aromatic heterocycles. The number of rotatable bonds is 6. The first-order chi connectivity index (χ1) is 14.5. The number of imidazole rings is 1. The minimum absolute atomic E-state index is 0.0198. The van der Waals surface area contributed by atoms with E-state index >= 15 is 0 Å². The van der Waals surface area contributed by atoms with Crippen LogP contribution in [0.25, 0.3) is 11.0 Å². The van der Waals surface area contributed by atoms with Gasteiger partial charge in [-0.25, -0.2) is 4.98 Å². The average molecular weight is 405 g/mol. The number of aryl methyl sites for hydroxylation is 3. The summed E-state index contributed by atoms with van der Waals surface area (Å²) in [5.74, 6) is -0.437. The van der Waals surface area contributed by atoms with Gasteiger partial charge in [-0.2, -0.15) is 0 Å². The Hall–Kier alpha value is -3.15. The first-order valence-electron chi connectivity index (χ1n) is 10.5. The van der Waals surface area contributed by atoms with Crippen molar-refractivity contribution in [1.29, 1.82) is 0 Å². The lowest BCUT2D eigenvalue weighted by Gasteiger charge is -2.27. The molecule has 0 radical (unpaired) electrons. The average Bonchev–Trinajstić information content (AvgIpc) is 3.30. The van der Waals surface area contributed by atoms with Crippen molar-refractivity contribution in [3.63, 3.8) is 0 Å². The number of amides is 1. The molecule has 1 aliphatic heterocycles. The van der Waals surface area contributed by atoms with Crippen LogP contribution in [0.15, 0.2) is 48.5 Å². The van der Waals surface area contributed by atoms with Crippen LogP contribution >= 0.6 is 0 Å². The largest absolute Gasteiger partial charge is 0.481 e. The van der Waals surface area contributed by atoms with E-state index in [1.165, 1.54) is 0 Å². The molecule has 1 aliphatic rings. The van der Waals surface area contributed by atoms with Gasteiger partial charge in [-0.1, -0.05) is 42.0 Å². The van der Waals surface area contributed by atoms with Gasteiger partial charge in [0.15, 0.2) is 0 Å². The fourth-order valence-electron chi connectivity index (χ4n) is 4.52. The highest BCUT2D eigenvalue weighted by atomic mass is 16.4. The highest BCUT2D eigenvalue weighted by Crippen LogP contribution is 2.38. The second-order valence-corrected chi connectivity index (χ2v) is 8.08. The summed E-state index contributed by atoms with van der Waals surface area (Å²) in [6, 6.07) is 15.4. The first-order valence-corrected chi connectivity index (χ1v) is 10.5. The minimum Gasteiger partial charge on any atom is -0.481 e. The van der Waals surface area contributed by atoms with Crippen molar-refractivity contribution in [1.82, 2.24) is 14.5 Å². The van der Waals surface area contributed by atoms with Crippen LogP contribution < -0.4 is 0 Å². The molecule has 1 amide bonds. The molecule has 1 fully saturated rings. The van der Waals surface area contributed by atoms with Crippen LogP contribution in [0.5, 0.6) is 0 Å². The lowest BCUT2D eigenvalue weighted by atomic mass is 9.93. The monoisotopic (exact) mass is 405 g/mol. The van der Waals surface area contributed by atoms with Crippen LogP contribution in [0.4, 0.5) is 0 Å². The Labute approximate surface area is 176 Å². The highest BCUT2D eigenvalue weighted by Gasteiger charge is 2.41. The summed E-state index contributed by atoms with van der Waals surface area (Å²) in [5.41, 5.74) is 4.05. The van der Waals surface area contributed by atoms with Crippen LogP contribution in [0.3, 0.4) is 0 Å². The Morgan fingerprint density at radius 2 is 1.83 bits per heavy atom. The van der Waals surface area contributed by atoms with E-state index in [-0.39, 0.29) is 5.91 Å². The van der Waals surface area contributed by atoms with E-state index in [9.17, 15) is 14.7 Å². The number of aromatic nitrogens is 2. The maximum atomic E-state index is 13.0. The van der Waals surface area contributed by atoms with E-state index in [0.717, 1.165) is 28.0 Å². The van der Waals surface area contributed by atoms with Gasteiger partial charge in [0, 0.05) is 19.5 Å². The van der Waals surface area contributed by atoms with Gasteiger partial charge in [-0.05, 0) is 44.4 Å². The zero-order valence-electron chi connectivity index (χ0n) is 17.4. The number of fused-ring (bicyclic) bond motifs is 1. The molecular weight excluding hydrogens is 378 g/mol. The van der Waals surface area contributed by atoms with Gasteiger partial charge in [0.2, 0.25) is 5.91 Å². The predicted molar refractivity (Wildman–Crippen MR) is 115 cm³/mol. The molecule has 3 aromatic rings. The standard InChI is InChI=1S/C24H27N3O3/c1-16-9-11-18(12-10-16)23-19(24(29)30)13-15-27(23)22(28)8-5-14-26-17(2)25-20-6-3-4-7-21(20)26/h3-4,6-7,9-12,19,23H,5,8,13-15H2,1-2H3,(H,29,30)/t19-,23-/m1/s1.